The molecule has 56 heavy (non-hydrogen) atoms. The number of hydrogen-bond acceptors (Lipinski definition) is 1. The first kappa shape index (κ1) is 33.6. The Hall–Kier alpha value is -6.96. The molecule has 0 fully saturated rings. The summed E-state index contributed by atoms with van der Waals surface area (Å²) >= 11 is 0. The fourth-order valence-electron chi connectivity index (χ4n) is 8.85. The summed E-state index contributed by atoms with van der Waals surface area (Å²) in [6.45, 7) is 4.76. The van der Waals surface area contributed by atoms with Gasteiger partial charge in [0.25, 0.3) is 0 Å². The Bertz CT molecular complexity index is 2850. The average Bonchev–Trinajstić information content (AvgIpc) is 3.50. The zero-order valence-corrected chi connectivity index (χ0v) is 31.7. The number of fused-ring (bicyclic) bond motifs is 4. The highest BCUT2D eigenvalue weighted by Gasteiger charge is 2.37. The Kier molecular flexibility index (Phi) is 8.23. The van der Waals surface area contributed by atoms with E-state index in [0.29, 0.717) is 0 Å². The van der Waals surface area contributed by atoms with Gasteiger partial charge in [-0.2, -0.15) is 0 Å². The smallest absolute Gasteiger partial charge is 0.0546 e. The van der Waals surface area contributed by atoms with E-state index in [1.807, 2.05) is 0 Å². The minimum absolute atomic E-state index is 0.194. The number of nitrogens with zero attached hydrogens (tertiary/aromatic N) is 1. The summed E-state index contributed by atoms with van der Waals surface area (Å²) in [7, 11) is 0. The Labute approximate surface area is 329 Å². The minimum atomic E-state index is -0.194. The molecule has 0 saturated heterocycles. The van der Waals surface area contributed by atoms with Gasteiger partial charge >= 0.3 is 0 Å². The van der Waals surface area contributed by atoms with Crippen molar-refractivity contribution in [1.82, 2.24) is 0 Å². The SMILES string of the molecule is CC1(C)c2cc(N(c3ccc(-c4ccccc4)cc3)c3cc4ccccc4cc3-c3ccccc3-c3ccccc3)ccc2-c2c(-c3ccccc3)cccc21. The molecule has 9 aromatic rings. The second-order valence-corrected chi connectivity index (χ2v) is 15.3. The molecule has 0 radical (unpaired) electrons. The molecule has 0 saturated carbocycles. The zero-order valence-electron chi connectivity index (χ0n) is 31.7. The first-order valence-electron chi connectivity index (χ1n) is 19.5. The second-order valence-electron chi connectivity index (χ2n) is 15.3. The van der Waals surface area contributed by atoms with Gasteiger partial charge in [-0.15, -0.1) is 0 Å². The number of hydrogen-bond donors (Lipinski definition) is 0. The highest BCUT2D eigenvalue weighted by Crippen LogP contribution is 2.54. The Morgan fingerprint density at radius 3 is 1.52 bits per heavy atom. The van der Waals surface area contributed by atoms with Gasteiger partial charge in [0.1, 0.15) is 0 Å². The lowest BCUT2D eigenvalue weighted by atomic mass is 9.81. The van der Waals surface area contributed by atoms with Crippen LogP contribution in [0.15, 0.2) is 212 Å². The molecule has 0 amide bonds. The Balaban J connectivity index is 1.22. The van der Waals surface area contributed by atoms with E-state index in [0.717, 1.165) is 17.1 Å². The van der Waals surface area contributed by atoms with Crippen LogP contribution in [0.4, 0.5) is 17.1 Å². The van der Waals surface area contributed by atoms with Gasteiger partial charge in [0.05, 0.1) is 5.69 Å². The van der Waals surface area contributed by atoms with Crippen LogP contribution in [0.1, 0.15) is 25.0 Å². The van der Waals surface area contributed by atoms with E-state index in [-0.39, 0.29) is 5.41 Å². The molecule has 266 valence electrons. The lowest BCUT2D eigenvalue weighted by molar-refractivity contribution is 0.660. The van der Waals surface area contributed by atoms with Crippen molar-refractivity contribution in [1.29, 1.82) is 0 Å². The maximum Gasteiger partial charge on any atom is 0.0546 e. The first-order valence-corrected chi connectivity index (χ1v) is 19.5. The van der Waals surface area contributed by atoms with Gasteiger partial charge in [-0.1, -0.05) is 190 Å². The zero-order chi connectivity index (χ0) is 37.6. The second kappa shape index (κ2) is 13.7. The van der Waals surface area contributed by atoms with E-state index in [1.165, 1.54) is 77.5 Å². The summed E-state index contributed by atoms with van der Waals surface area (Å²) in [6.07, 6.45) is 0. The largest absolute Gasteiger partial charge is 0.310 e. The van der Waals surface area contributed by atoms with Crippen LogP contribution >= 0.6 is 0 Å². The van der Waals surface area contributed by atoms with Crippen molar-refractivity contribution in [3.05, 3.63) is 223 Å². The maximum absolute atomic E-state index is 2.48. The molecule has 0 aliphatic heterocycles. The molecule has 0 atom stereocenters. The van der Waals surface area contributed by atoms with Gasteiger partial charge in [-0.3, -0.25) is 0 Å². The van der Waals surface area contributed by atoms with Crippen LogP contribution in [0.25, 0.3) is 66.4 Å². The van der Waals surface area contributed by atoms with Crippen LogP contribution in [-0.2, 0) is 5.41 Å². The lowest BCUT2D eigenvalue weighted by Gasteiger charge is -2.30. The third-order valence-electron chi connectivity index (χ3n) is 11.7. The van der Waals surface area contributed by atoms with E-state index in [1.54, 1.807) is 0 Å². The summed E-state index contributed by atoms with van der Waals surface area (Å²) in [5.41, 5.74) is 18.3. The molecule has 1 heteroatoms. The monoisotopic (exact) mass is 715 g/mol. The van der Waals surface area contributed by atoms with Crippen molar-refractivity contribution in [2.75, 3.05) is 4.90 Å². The molecule has 1 aliphatic carbocycles. The number of anilines is 3. The van der Waals surface area contributed by atoms with E-state index in [2.05, 4.69) is 231 Å². The Morgan fingerprint density at radius 1 is 0.321 bits per heavy atom. The van der Waals surface area contributed by atoms with Gasteiger partial charge < -0.3 is 4.90 Å². The highest BCUT2D eigenvalue weighted by molar-refractivity contribution is 6.02. The molecule has 1 aliphatic rings. The molecule has 0 aromatic heterocycles. The van der Waals surface area contributed by atoms with Crippen molar-refractivity contribution in [3.8, 4) is 55.6 Å². The van der Waals surface area contributed by atoms with Crippen LogP contribution in [0.5, 0.6) is 0 Å². The van der Waals surface area contributed by atoms with Gasteiger partial charge in [0.2, 0.25) is 0 Å². The summed E-state index contributed by atoms with van der Waals surface area (Å²) in [5.74, 6) is 0. The molecule has 0 bridgehead atoms. The normalized spacial score (nSPS) is 12.6. The molecular weight excluding hydrogens is 675 g/mol. The van der Waals surface area contributed by atoms with Gasteiger partial charge in [-0.05, 0) is 108 Å². The van der Waals surface area contributed by atoms with Crippen LogP contribution in [0.2, 0.25) is 0 Å². The minimum Gasteiger partial charge on any atom is -0.310 e. The van der Waals surface area contributed by atoms with Crippen molar-refractivity contribution in [3.63, 3.8) is 0 Å². The van der Waals surface area contributed by atoms with Crippen molar-refractivity contribution in [2.45, 2.75) is 19.3 Å². The topological polar surface area (TPSA) is 3.24 Å². The first-order chi connectivity index (χ1) is 27.5. The predicted molar refractivity (Wildman–Crippen MR) is 238 cm³/mol. The van der Waals surface area contributed by atoms with Crippen LogP contribution in [-0.4, -0.2) is 0 Å². The summed E-state index contributed by atoms with van der Waals surface area (Å²) in [4.78, 5) is 2.48. The van der Waals surface area contributed by atoms with E-state index < -0.39 is 0 Å². The summed E-state index contributed by atoms with van der Waals surface area (Å²) in [6, 6.07) is 77.7. The molecule has 0 spiro atoms. The third kappa shape index (κ3) is 5.72. The van der Waals surface area contributed by atoms with Crippen molar-refractivity contribution >= 4 is 27.8 Å². The number of benzene rings is 9. The fraction of sp³-hybridized carbons (Fsp3) is 0.0545. The molecule has 0 unspecified atom stereocenters. The summed E-state index contributed by atoms with van der Waals surface area (Å²) < 4.78 is 0. The molecule has 9 aromatic carbocycles. The van der Waals surface area contributed by atoms with Gasteiger partial charge in [0, 0.05) is 22.4 Å². The molecular formula is C55H41N. The van der Waals surface area contributed by atoms with Crippen LogP contribution in [0, 0.1) is 0 Å². The molecule has 1 nitrogen and oxygen atoms in total. The summed E-state index contributed by atoms with van der Waals surface area (Å²) in [5, 5.41) is 2.42. The van der Waals surface area contributed by atoms with Crippen molar-refractivity contribution in [2.24, 2.45) is 0 Å². The highest BCUT2D eigenvalue weighted by atomic mass is 15.1. The third-order valence-corrected chi connectivity index (χ3v) is 11.7. The van der Waals surface area contributed by atoms with Gasteiger partial charge in [0.15, 0.2) is 0 Å². The van der Waals surface area contributed by atoms with Crippen LogP contribution < -0.4 is 4.90 Å². The van der Waals surface area contributed by atoms with Crippen molar-refractivity contribution < 1.29 is 0 Å². The van der Waals surface area contributed by atoms with E-state index >= 15 is 0 Å². The fourth-order valence-corrected chi connectivity index (χ4v) is 8.85. The standard InChI is InChI=1S/C55H41N/c1-55(2)51-28-16-27-47(41-21-10-5-11-22-41)54(51)49-34-33-45(37-52(49)55)56(44-31-29-39(30-32-44)38-17-6-3-7-18-38)53-36-43-24-13-12-23-42(43)35-50(53)48-26-15-14-25-46(48)40-19-8-4-9-20-40/h3-37H,1-2H3. The Morgan fingerprint density at radius 2 is 0.839 bits per heavy atom. The quantitative estimate of drug-likeness (QED) is 0.159. The molecule has 10 rings (SSSR count). The molecule has 0 N–H and O–H groups in total. The van der Waals surface area contributed by atoms with Crippen LogP contribution in [0.3, 0.4) is 0 Å². The maximum atomic E-state index is 2.48. The average molecular weight is 716 g/mol. The predicted octanol–water partition coefficient (Wildman–Crippen LogP) is 15.3. The van der Waals surface area contributed by atoms with Gasteiger partial charge in [-0.25, -0.2) is 0 Å². The van der Waals surface area contributed by atoms with E-state index in [4.69, 9.17) is 0 Å². The van der Waals surface area contributed by atoms with E-state index in [9.17, 15) is 0 Å². The molecule has 0 heterocycles. The lowest BCUT2D eigenvalue weighted by Crippen LogP contribution is -2.17. The number of rotatable bonds is 7.